The van der Waals surface area contributed by atoms with Crippen molar-refractivity contribution in [3.05, 3.63) is 34.8 Å². The van der Waals surface area contributed by atoms with Gasteiger partial charge in [0.2, 0.25) is 5.13 Å². The molecule has 0 fully saturated rings. The molecule has 0 spiro atoms. The summed E-state index contributed by atoms with van der Waals surface area (Å²) in [6.07, 6.45) is -3.53. The standard InChI is InChI=1S/C12H10F3N3O2S/c1-7-6-21-11(17-7)18-16-5-8-2-3-9(4-10(8)19)20-12(13,14)15/h2-6,19H,1H3,(H,17,18). The number of alkyl halides is 3. The number of hydrogen-bond donors (Lipinski definition) is 2. The largest absolute Gasteiger partial charge is 0.573 e. The lowest BCUT2D eigenvalue weighted by Crippen LogP contribution is -2.17. The Labute approximate surface area is 121 Å². The first-order chi connectivity index (χ1) is 9.83. The summed E-state index contributed by atoms with van der Waals surface area (Å²) >= 11 is 1.35. The maximum absolute atomic E-state index is 12.0. The first kappa shape index (κ1) is 15.1. The van der Waals surface area contributed by atoms with Gasteiger partial charge in [0.25, 0.3) is 0 Å². The number of hydrazone groups is 1. The van der Waals surface area contributed by atoms with Crippen molar-refractivity contribution in [3.63, 3.8) is 0 Å². The number of nitrogens with one attached hydrogen (secondary N) is 1. The number of hydrogen-bond acceptors (Lipinski definition) is 6. The number of anilines is 1. The second kappa shape index (κ2) is 6.00. The summed E-state index contributed by atoms with van der Waals surface area (Å²) in [4.78, 5) is 4.10. The van der Waals surface area contributed by atoms with E-state index >= 15 is 0 Å². The Balaban J connectivity index is 2.03. The number of aryl methyl sites for hydroxylation is 1. The van der Waals surface area contributed by atoms with Gasteiger partial charge in [-0.2, -0.15) is 5.10 Å². The highest BCUT2D eigenvalue weighted by molar-refractivity contribution is 7.13. The molecule has 9 heteroatoms. The van der Waals surface area contributed by atoms with Crippen molar-refractivity contribution in [2.45, 2.75) is 13.3 Å². The number of halogens is 3. The van der Waals surface area contributed by atoms with Crippen molar-refractivity contribution >= 4 is 22.7 Å². The van der Waals surface area contributed by atoms with E-state index in [2.05, 4.69) is 20.2 Å². The molecule has 1 aromatic heterocycles. The molecule has 0 saturated carbocycles. The van der Waals surface area contributed by atoms with E-state index in [0.717, 1.165) is 17.8 Å². The Morgan fingerprint density at radius 1 is 1.43 bits per heavy atom. The lowest BCUT2D eigenvalue weighted by molar-refractivity contribution is -0.274. The molecule has 0 unspecified atom stereocenters. The van der Waals surface area contributed by atoms with Crippen LogP contribution in [0.15, 0.2) is 28.7 Å². The molecule has 0 atom stereocenters. The molecule has 21 heavy (non-hydrogen) atoms. The van der Waals surface area contributed by atoms with E-state index in [1.54, 1.807) is 0 Å². The Kier molecular flexibility index (Phi) is 4.32. The third kappa shape index (κ3) is 4.63. The average molecular weight is 317 g/mol. The molecule has 0 aliphatic heterocycles. The number of thiazole rings is 1. The van der Waals surface area contributed by atoms with Gasteiger partial charge >= 0.3 is 6.36 Å². The molecule has 5 nitrogen and oxygen atoms in total. The van der Waals surface area contributed by atoms with Crippen LogP contribution in [0, 0.1) is 6.92 Å². The quantitative estimate of drug-likeness (QED) is 0.669. The van der Waals surface area contributed by atoms with Gasteiger partial charge < -0.3 is 9.84 Å². The molecule has 0 aliphatic carbocycles. The molecular weight excluding hydrogens is 307 g/mol. The van der Waals surface area contributed by atoms with E-state index < -0.39 is 12.1 Å². The highest BCUT2D eigenvalue weighted by Crippen LogP contribution is 2.27. The molecule has 0 radical (unpaired) electrons. The van der Waals surface area contributed by atoms with Gasteiger partial charge in [-0.25, -0.2) is 4.98 Å². The number of benzene rings is 1. The predicted molar refractivity (Wildman–Crippen MR) is 72.9 cm³/mol. The lowest BCUT2D eigenvalue weighted by Gasteiger charge is -2.09. The average Bonchev–Trinajstić information content (AvgIpc) is 2.76. The summed E-state index contributed by atoms with van der Waals surface area (Å²) in [5.74, 6) is -0.877. The van der Waals surface area contributed by atoms with Crippen LogP contribution in [0.5, 0.6) is 11.5 Å². The fraction of sp³-hybridized carbons (Fsp3) is 0.167. The third-order valence-electron chi connectivity index (χ3n) is 2.22. The van der Waals surface area contributed by atoms with Gasteiger partial charge in [0.1, 0.15) is 11.5 Å². The fourth-order valence-electron chi connectivity index (χ4n) is 1.39. The van der Waals surface area contributed by atoms with Gasteiger partial charge in [0.05, 0.1) is 11.9 Å². The Hall–Kier alpha value is -2.29. The highest BCUT2D eigenvalue weighted by Gasteiger charge is 2.31. The zero-order chi connectivity index (χ0) is 15.5. The van der Waals surface area contributed by atoms with Gasteiger partial charge in [-0.3, -0.25) is 5.43 Å². The molecule has 2 N–H and O–H groups in total. The van der Waals surface area contributed by atoms with Crippen LogP contribution in [0.4, 0.5) is 18.3 Å². The van der Waals surface area contributed by atoms with E-state index in [4.69, 9.17) is 0 Å². The van der Waals surface area contributed by atoms with Crippen LogP contribution >= 0.6 is 11.3 Å². The van der Waals surface area contributed by atoms with Gasteiger partial charge in [-0.05, 0) is 19.1 Å². The van der Waals surface area contributed by atoms with Gasteiger partial charge in [-0.1, -0.05) is 0 Å². The summed E-state index contributed by atoms with van der Waals surface area (Å²) in [5.41, 5.74) is 3.73. The van der Waals surface area contributed by atoms with E-state index in [1.807, 2.05) is 12.3 Å². The second-order valence-corrected chi connectivity index (χ2v) is 4.79. The van der Waals surface area contributed by atoms with Gasteiger partial charge in [0.15, 0.2) is 0 Å². The van der Waals surface area contributed by atoms with E-state index in [0.29, 0.717) is 5.13 Å². The number of aromatic nitrogens is 1. The number of rotatable bonds is 4. The molecule has 2 aromatic rings. The first-order valence-corrected chi connectivity index (χ1v) is 6.51. The van der Waals surface area contributed by atoms with Crippen LogP contribution in [0.1, 0.15) is 11.3 Å². The topological polar surface area (TPSA) is 66.7 Å². The maximum atomic E-state index is 12.0. The zero-order valence-corrected chi connectivity index (χ0v) is 11.5. The van der Waals surface area contributed by atoms with Crippen molar-refractivity contribution in [3.8, 4) is 11.5 Å². The molecule has 2 rings (SSSR count). The third-order valence-corrected chi connectivity index (χ3v) is 3.08. The Morgan fingerprint density at radius 3 is 2.76 bits per heavy atom. The summed E-state index contributed by atoms with van der Waals surface area (Å²) in [7, 11) is 0. The van der Waals surface area contributed by atoms with Crippen molar-refractivity contribution in [1.82, 2.24) is 4.98 Å². The minimum absolute atomic E-state index is 0.241. The van der Waals surface area contributed by atoms with Crippen LogP contribution in [0.25, 0.3) is 0 Å². The summed E-state index contributed by atoms with van der Waals surface area (Å²) in [6, 6.07) is 3.21. The second-order valence-electron chi connectivity index (χ2n) is 3.93. The van der Waals surface area contributed by atoms with Gasteiger partial charge in [-0.15, -0.1) is 24.5 Å². The lowest BCUT2D eigenvalue weighted by atomic mass is 10.2. The van der Waals surface area contributed by atoms with E-state index in [1.165, 1.54) is 23.6 Å². The Bertz CT molecular complexity index is 655. The molecule has 0 saturated heterocycles. The van der Waals surface area contributed by atoms with Crippen molar-refractivity contribution in [2.75, 3.05) is 5.43 Å². The molecule has 112 valence electrons. The van der Waals surface area contributed by atoms with Crippen LogP contribution in [0.2, 0.25) is 0 Å². The van der Waals surface area contributed by atoms with Crippen LogP contribution in [-0.4, -0.2) is 22.7 Å². The van der Waals surface area contributed by atoms with Crippen LogP contribution in [-0.2, 0) is 0 Å². The molecule has 0 bridgehead atoms. The summed E-state index contributed by atoms with van der Waals surface area (Å²) < 4.78 is 39.7. The van der Waals surface area contributed by atoms with Crippen LogP contribution < -0.4 is 10.2 Å². The van der Waals surface area contributed by atoms with Gasteiger partial charge in [0, 0.05) is 17.0 Å². The smallest absolute Gasteiger partial charge is 0.507 e. The number of nitrogens with zero attached hydrogens (tertiary/aromatic N) is 2. The molecular formula is C12H10F3N3O2S. The number of aromatic hydroxyl groups is 1. The normalized spacial score (nSPS) is 11.8. The Morgan fingerprint density at radius 2 is 2.19 bits per heavy atom. The first-order valence-electron chi connectivity index (χ1n) is 5.63. The molecule has 0 aliphatic rings. The minimum Gasteiger partial charge on any atom is -0.507 e. The molecule has 1 aromatic carbocycles. The molecule has 1 heterocycles. The van der Waals surface area contributed by atoms with E-state index in [-0.39, 0.29) is 11.3 Å². The van der Waals surface area contributed by atoms with Crippen LogP contribution in [0.3, 0.4) is 0 Å². The predicted octanol–water partition coefficient (Wildman–Crippen LogP) is 3.50. The van der Waals surface area contributed by atoms with Crippen molar-refractivity contribution in [2.24, 2.45) is 5.10 Å². The molecule has 0 amide bonds. The summed E-state index contributed by atoms with van der Waals surface area (Å²) in [5, 5.41) is 15.9. The number of phenolic OH excluding ortho intramolecular Hbond substituents is 1. The fourth-order valence-corrected chi connectivity index (χ4v) is 2.03. The van der Waals surface area contributed by atoms with E-state index in [9.17, 15) is 18.3 Å². The number of ether oxygens (including phenoxy) is 1. The van der Waals surface area contributed by atoms with Crippen molar-refractivity contribution < 1.29 is 23.0 Å². The highest BCUT2D eigenvalue weighted by atomic mass is 32.1. The number of phenols is 1. The summed E-state index contributed by atoms with van der Waals surface area (Å²) in [6.45, 7) is 1.83. The SMILES string of the molecule is Cc1csc(NN=Cc2ccc(OC(F)(F)F)cc2O)n1. The van der Waals surface area contributed by atoms with Crippen molar-refractivity contribution in [1.29, 1.82) is 0 Å². The minimum atomic E-state index is -4.80. The zero-order valence-electron chi connectivity index (χ0n) is 10.7. The monoisotopic (exact) mass is 317 g/mol. The maximum Gasteiger partial charge on any atom is 0.573 e.